The third-order valence-corrected chi connectivity index (χ3v) is 3.95. The van der Waals surface area contributed by atoms with Gasteiger partial charge in [-0.1, -0.05) is 13.0 Å². The molecule has 0 saturated carbocycles. The minimum atomic E-state index is -0.477. The van der Waals surface area contributed by atoms with Gasteiger partial charge in [-0.05, 0) is 49.0 Å². The summed E-state index contributed by atoms with van der Waals surface area (Å²) in [6, 6.07) is 6.02. The second kappa shape index (κ2) is 6.26. The number of aryl methyl sites for hydroxylation is 1. The van der Waals surface area contributed by atoms with Crippen LogP contribution in [0.1, 0.15) is 29.0 Å². The number of hydrogen-bond donors (Lipinski definition) is 1. The Kier molecular flexibility index (Phi) is 4.66. The van der Waals surface area contributed by atoms with Gasteiger partial charge in [-0.15, -0.1) is 11.3 Å². The van der Waals surface area contributed by atoms with Crippen LogP contribution in [0.3, 0.4) is 0 Å². The SMILES string of the molecule is CCNC(Cc1c(F)cccc1F)c1csc(C)c1. The first kappa shape index (κ1) is 14.2. The summed E-state index contributed by atoms with van der Waals surface area (Å²) in [5.74, 6) is -0.954. The maximum Gasteiger partial charge on any atom is 0.129 e. The average Bonchev–Trinajstić information content (AvgIpc) is 2.79. The number of hydrogen-bond acceptors (Lipinski definition) is 2. The molecule has 1 unspecified atom stereocenters. The Labute approximate surface area is 116 Å². The minimum absolute atomic E-state index is 0.0543. The van der Waals surface area contributed by atoms with Gasteiger partial charge >= 0.3 is 0 Å². The molecule has 19 heavy (non-hydrogen) atoms. The van der Waals surface area contributed by atoms with E-state index < -0.39 is 11.6 Å². The molecular weight excluding hydrogens is 264 g/mol. The Morgan fingerprint density at radius 3 is 2.47 bits per heavy atom. The van der Waals surface area contributed by atoms with E-state index in [0.717, 1.165) is 12.1 Å². The molecule has 1 nitrogen and oxygen atoms in total. The molecule has 1 heterocycles. The minimum Gasteiger partial charge on any atom is -0.310 e. The molecule has 0 fully saturated rings. The summed E-state index contributed by atoms with van der Waals surface area (Å²) in [7, 11) is 0. The van der Waals surface area contributed by atoms with Crippen molar-refractivity contribution in [3.05, 3.63) is 57.3 Å². The number of nitrogens with one attached hydrogen (secondary N) is 1. The number of benzene rings is 1. The summed E-state index contributed by atoms with van der Waals surface area (Å²) in [6.07, 6.45) is 0.322. The number of halogens is 2. The van der Waals surface area contributed by atoms with Crippen molar-refractivity contribution < 1.29 is 8.78 Å². The van der Waals surface area contributed by atoms with Crippen molar-refractivity contribution >= 4 is 11.3 Å². The monoisotopic (exact) mass is 281 g/mol. The van der Waals surface area contributed by atoms with Crippen molar-refractivity contribution in [3.63, 3.8) is 0 Å². The summed E-state index contributed by atoms with van der Waals surface area (Å²) in [4.78, 5) is 1.20. The molecule has 2 aromatic rings. The standard InChI is InChI=1S/C15H17F2NS/c1-3-18-15(11-7-10(2)19-9-11)8-12-13(16)5-4-6-14(12)17/h4-7,9,15,18H,3,8H2,1-2H3. The van der Waals surface area contributed by atoms with E-state index in [-0.39, 0.29) is 11.6 Å². The van der Waals surface area contributed by atoms with E-state index >= 15 is 0 Å². The van der Waals surface area contributed by atoms with Gasteiger partial charge in [0, 0.05) is 16.5 Å². The summed E-state index contributed by atoms with van der Waals surface area (Å²) >= 11 is 1.65. The fraction of sp³-hybridized carbons (Fsp3) is 0.333. The molecule has 0 radical (unpaired) electrons. The van der Waals surface area contributed by atoms with Gasteiger partial charge in [-0.25, -0.2) is 8.78 Å². The number of rotatable bonds is 5. The molecule has 1 atom stereocenters. The molecule has 0 aliphatic carbocycles. The molecule has 1 aromatic heterocycles. The molecule has 1 N–H and O–H groups in total. The van der Waals surface area contributed by atoms with Crippen LogP contribution in [0.2, 0.25) is 0 Å². The Morgan fingerprint density at radius 2 is 1.95 bits per heavy atom. The van der Waals surface area contributed by atoms with Crippen molar-refractivity contribution in [1.29, 1.82) is 0 Å². The zero-order valence-corrected chi connectivity index (χ0v) is 11.9. The second-order valence-electron chi connectivity index (χ2n) is 4.51. The van der Waals surface area contributed by atoms with Crippen molar-refractivity contribution in [3.8, 4) is 0 Å². The maximum absolute atomic E-state index is 13.7. The van der Waals surface area contributed by atoms with Crippen LogP contribution >= 0.6 is 11.3 Å². The number of likely N-dealkylation sites (N-methyl/N-ethyl adjacent to an activating group) is 1. The zero-order chi connectivity index (χ0) is 13.8. The van der Waals surface area contributed by atoms with Gasteiger partial charge < -0.3 is 5.32 Å². The molecule has 0 spiro atoms. The van der Waals surface area contributed by atoms with Crippen LogP contribution in [-0.4, -0.2) is 6.54 Å². The van der Waals surface area contributed by atoms with E-state index in [9.17, 15) is 8.78 Å². The van der Waals surface area contributed by atoms with Gasteiger partial charge in [0.05, 0.1) is 0 Å². The van der Waals surface area contributed by atoms with Crippen molar-refractivity contribution in [2.75, 3.05) is 6.54 Å². The lowest BCUT2D eigenvalue weighted by Gasteiger charge is -2.17. The van der Waals surface area contributed by atoms with Crippen LogP contribution in [0.4, 0.5) is 8.78 Å². The third-order valence-electron chi connectivity index (χ3n) is 3.07. The molecule has 0 aliphatic rings. The Morgan fingerprint density at radius 1 is 1.26 bits per heavy atom. The van der Waals surface area contributed by atoms with Crippen molar-refractivity contribution in [2.45, 2.75) is 26.3 Å². The molecule has 0 saturated heterocycles. The van der Waals surface area contributed by atoms with E-state index in [1.165, 1.54) is 23.1 Å². The van der Waals surface area contributed by atoms with E-state index in [1.54, 1.807) is 11.3 Å². The van der Waals surface area contributed by atoms with Crippen LogP contribution in [0.5, 0.6) is 0 Å². The first-order chi connectivity index (χ1) is 9.11. The number of thiophene rings is 1. The molecule has 1 aromatic carbocycles. The third kappa shape index (κ3) is 3.39. The normalized spacial score (nSPS) is 12.6. The maximum atomic E-state index is 13.7. The van der Waals surface area contributed by atoms with Crippen molar-refractivity contribution in [2.24, 2.45) is 0 Å². The highest BCUT2D eigenvalue weighted by Crippen LogP contribution is 2.25. The second-order valence-corrected chi connectivity index (χ2v) is 5.62. The van der Waals surface area contributed by atoms with Gasteiger partial charge in [-0.2, -0.15) is 0 Å². The first-order valence-corrected chi connectivity index (χ1v) is 7.21. The van der Waals surface area contributed by atoms with Gasteiger partial charge in [0.1, 0.15) is 11.6 Å². The van der Waals surface area contributed by atoms with E-state index in [0.29, 0.717) is 6.42 Å². The molecule has 0 bridgehead atoms. The average molecular weight is 281 g/mol. The highest BCUT2D eigenvalue weighted by atomic mass is 32.1. The van der Waals surface area contributed by atoms with Crippen molar-refractivity contribution in [1.82, 2.24) is 5.32 Å². The molecule has 2 rings (SSSR count). The lowest BCUT2D eigenvalue weighted by atomic mass is 10.00. The van der Waals surface area contributed by atoms with Crippen LogP contribution in [-0.2, 0) is 6.42 Å². The van der Waals surface area contributed by atoms with Gasteiger partial charge in [0.15, 0.2) is 0 Å². The molecule has 0 amide bonds. The summed E-state index contributed by atoms with van der Waals surface area (Å²) < 4.78 is 27.4. The Bertz CT molecular complexity index is 531. The molecular formula is C15H17F2NS. The van der Waals surface area contributed by atoms with E-state index in [2.05, 4.69) is 11.4 Å². The van der Waals surface area contributed by atoms with Gasteiger partial charge in [0.25, 0.3) is 0 Å². The topological polar surface area (TPSA) is 12.0 Å². The van der Waals surface area contributed by atoms with Crippen LogP contribution in [0.25, 0.3) is 0 Å². The first-order valence-electron chi connectivity index (χ1n) is 6.33. The lowest BCUT2D eigenvalue weighted by Crippen LogP contribution is -2.23. The zero-order valence-electron chi connectivity index (χ0n) is 11.0. The fourth-order valence-electron chi connectivity index (χ4n) is 2.13. The predicted octanol–water partition coefficient (Wildman–Crippen LogP) is 4.23. The Balaban J connectivity index is 2.26. The molecule has 102 valence electrons. The smallest absolute Gasteiger partial charge is 0.129 e. The largest absolute Gasteiger partial charge is 0.310 e. The van der Waals surface area contributed by atoms with Gasteiger partial charge in [0.2, 0.25) is 0 Å². The van der Waals surface area contributed by atoms with Crippen LogP contribution in [0.15, 0.2) is 29.6 Å². The summed E-state index contributed by atoms with van der Waals surface area (Å²) in [5.41, 5.74) is 1.24. The van der Waals surface area contributed by atoms with E-state index in [1.807, 2.05) is 19.2 Å². The summed E-state index contributed by atoms with van der Waals surface area (Å²) in [6.45, 7) is 4.78. The lowest BCUT2D eigenvalue weighted by molar-refractivity contribution is 0.500. The quantitative estimate of drug-likeness (QED) is 0.865. The highest BCUT2D eigenvalue weighted by Gasteiger charge is 2.17. The van der Waals surface area contributed by atoms with Gasteiger partial charge in [-0.3, -0.25) is 0 Å². The fourth-order valence-corrected chi connectivity index (χ4v) is 2.89. The van der Waals surface area contributed by atoms with Crippen LogP contribution < -0.4 is 5.32 Å². The molecule has 0 aliphatic heterocycles. The molecule has 4 heteroatoms. The predicted molar refractivity (Wildman–Crippen MR) is 75.5 cm³/mol. The summed E-state index contributed by atoms with van der Waals surface area (Å²) in [5, 5.41) is 5.33. The highest BCUT2D eigenvalue weighted by molar-refractivity contribution is 7.10. The van der Waals surface area contributed by atoms with E-state index in [4.69, 9.17) is 0 Å². The Hall–Kier alpha value is -1.26. The van der Waals surface area contributed by atoms with Crippen LogP contribution in [0, 0.1) is 18.6 Å².